The molecule has 0 saturated heterocycles. The zero-order valence-corrected chi connectivity index (χ0v) is 15.2. The van der Waals surface area contributed by atoms with Crippen molar-refractivity contribution in [3.05, 3.63) is 29.3 Å². The van der Waals surface area contributed by atoms with Gasteiger partial charge in [0.15, 0.2) is 0 Å². The van der Waals surface area contributed by atoms with Crippen molar-refractivity contribution < 1.29 is 8.42 Å². The third-order valence-electron chi connectivity index (χ3n) is 3.83. The fourth-order valence-electron chi connectivity index (χ4n) is 2.62. The predicted octanol–water partition coefficient (Wildman–Crippen LogP) is 1.95. The molecule has 0 fully saturated rings. The second-order valence-electron chi connectivity index (χ2n) is 5.84. The largest absolute Gasteiger partial charge is 0.271 e. The van der Waals surface area contributed by atoms with Gasteiger partial charge in [0, 0.05) is 25.0 Å². The Balaban J connectivity index is 1.99. The van der Waals surface area contributed by atoms with Crippen molar-refractivity contribution in [3.8, 4) is 0 Å². The fourth-order valence-corrected chi connectivity index (χ4v) is 3.85. The van der Waals surface area contributed by atoms with Gasteiger partial charge in [-0.3, -0.25) is 9.36 Å². The molecule has 128 valence electrons. The van der Waals surface area contributed by atoms with Crippen LogP contribution in [0.4, 0.5) is 0 Å². The van der Waals surface area contributed by atoms with Crippen LogP contribution in [-0.4, -0.2) is 34.5 Å². The van der Waals surface area contributed by atoms with E-state index in [4.69, 9.17) is 0 Å². The molecular formula is C15H25N5O2S. The average molecular weight is 339 g/mol. The molecule has 8 heteroatoms. The Kier molecular flexibility index (Phi) is 5.26. The molecule has 0 aliphatic carbocycles. The minimum Gasteiger partial charge on any atom is -0.271 e. The first-order chi connectivity index (χ1) is 10.7. The van der Waals surface area contributed by atoms with Crippen molar-refractivity contribution >= 4 is 10.0 Å². The summed E-state index contributed by atoms with van der Waals surface area (Å²) in [5.74, 6) is 0. The second-order valence-corrected chi connectivity index (χ2v) is 7.58. The van der Waals surface area contributed by atoms with Crippen molar-refractivity contribution in [3.63, 3.8) is 0 Å². The van der Waals surface area contributed by atoms with Crippen LogP contribution in [0.2, 0.25) is 0 Å². The summed E-state index contributed by atoms with van der Waals surface area (Å²) in [5.41, 5.74) is 2.57. The van der Waals surface area contributed by atoms with Gasteiger partial charge in [-0.25, -0.2) is 13.1 Å². The summed E-state index contributed by atoms with van der Waals surface area (Å²) < 4.78 is 31.0. The van der Waals surface area contributed by atoms with Gasteiger partial charge < -0.3 is 0 Å². The van der Waals surface area contributed by atoms with Crippen LogP contribution in [0, 0.1) is 20.8 Å². The van der Waals surface area contributed by atoms with Crippen molar-refractivity contribution in [1.82, 2.24) is 24.3 Å². The minimum absolute atomic E-state index is 0.130. The van der Waals surface area contributed by atoms with Gasteiger partial charge in [0.25, 0.3) is 0 Å². The van der Waals surface area contributed by atoms with Gasteiger partial charge in [0.05, 0.1) is 17.4 Å². The highest BCUT2D eigenvalue weighted by Gasteiger charge is 2.20. The molecule has 1 atom stereocenters. The molecule has 2 rings (SSSR count). The highest BCUT2D eigenvalue weighted by atomic mass is 32.2. The molecule has 2 aromatic heterocycles. The lowest BCUT2D eigenvalue weighted by Crippen LogP contribution is -2.27. The summed E-state index contributed by atoms with van der Waals surface area (Å²) >= 11 is 0. The molecule has 0 radical (unpaired) electrons. The van der Waals surface area contributed by atoms with Gasteiger partial charge in [-0.1, -0.05) is 0 Å². The van der Waals surface area contributed by atoms with Crippen LogP contribution in [-0.2, 0) is 16.6 Å². The monoisotopic (exact) mass is 339 g/mol. The molecule has 0 aromatic carbocycles. The Labute approximate surface area is 137 Å². The zero-order chi connectivity index (χ0) is 17.2. The van der Waals surface area contributed by atoms with E-state index in [1.54, 1.807) is 17.8 Å². The molecule has 1 unspecified atom stereocenters. The van der Waals surface area contributed by atoms with E-state index in [2.05, 4.69) is 14.9 Å². The Morgan fingerprint density at radius 3 is 2.48 bits per heavy atom. The maximum absolute atomic E-state index is 12.4. The smallest absolute Gasteiger partial charge is 0.243 e. The molecule has 2 aromatic rings. The van der Waals surface area contributed by atoms with E-state index in [-0.39, 0.29) is 10.9 Å². The van der Waals surface area contributed by atoms with Crippen LogP contribution >= 0.6 is 0 Å². The highest BCUT2D eigenvalue weighted by molar-refractivity contribution is 7.89. The quantitative estimate of drug-likeness (QED) is 0.836. The van der Waals surface area contributed by atoms with Crippen LogP contribution < -0.4 is 4.72 Å². The number of aryl methyl sites for hydroxylation is 4. The molecule has 0 saturated carbocycles. The molecule has 0 aliphatic rings. The number of hydrogen-bond acceptors (Lipinski definition) is 4. The van der Waals surface area contributed by atoms with Crippen molar-refractivity contribution in [1.29, 1.82) is 0 Å². The standard InChI is InChI=1S/C15H25N5O2S/c1-6-19-10-15(14(5)18-19)23(21,22)16-8-7-12(3)20-13(4)9-11(2)17-20/h9-10,12,16H,6-8H2,1-5H3. The summed E-state index contributed by atoms with van der Waals surface area (Å²) in [4.78, 5) is 0.248. The number of nitrogens with one attached hydrogen (secondary N) is 1. The summed E-state index contributed by atoms with van der Waals surface area (Å²) in [6.45, 7) is 10.6. The first-order valence-corrected chi connectivity index (χ1v) is 9.29. The average Bonchev–Trinajstić information content (AvgIpc) is 3.01. The lowest BCUT2D eigenvalue weighted by Gasteiger charge is -2.14. The van der Waals surface area contributed by atoms with Crippen LogP contribution in [0.25, 0.3) is 0 Å². The molecule has 0 spiro atoms. The van der Waals surface area contributed by atoms with Crippen LogP contribution in [0.15, 0.2) is 17.2 Å². The normalized spacial score (nSPS) is 13.4. The third-order valence-corrected chi connectivity index (χ3v) is 5.40. The predicted molar refractivity (Wildman–Crippen MR) is 88.9 cm³/mol. The minimum atomic E-state index is -3.53. The number of aromatic nitrogens is 4. The molecule has 0 amide bonds. The van der Waals surface area contributed by atoms with Gasteiger partial charge in [-0.15, -0.1) is 0 Å². The second kappa shape index (κ2) is 6.84. The van der Waals surface area contributed by atoms with E-state index >= 15 is 0 Å². The number of rotatable bonds is 7. The van der Waals surface area contributed by atoms with Crippen LogP contribution in [0.5, 0.6) is 0 Å². The van der Waals surface area contributed by atoms with Crippen LogP contribution in [0.3, 0.4) is 0 Å². The fraction of sp³-hybridized carbons (Fsp3) is 0.600. The molecule has 23 heavy (non-hydrogen) atoms. The van der Waals surface area contributed by atoms with E-state index in [9.17, 15) is 8.42 Å². The van der Waals surface area contributed by atoms with Gasteiger partial charge >= 0.3 is 0 Å². The van der Waals surface area contributed by atoms with Gasteiger partial charge in [0.1, 0.15) is 4.90 Å². The molecule has 2 heterocycles. The maximum atomic E-state index is 12.4. The summed E-state index contributed by atoms with van der Waals surface area (Å²) in [5, 5.41) is 8.62. The number of sulfonamides is 1. The summed E-state index contributed by atoms with van der Waals surface area (Å²) in [7, 11) is -3.53. The first-order valence-electron chi connectivity index (χ1n) is 7.81. The van der Waals surface area contributed by atoms with Crippen molar-refractivity contribution in [2.45, 2.75) is 58.5 Å². The molecule has 0 bridgehead atoms. The lowest BCUT2D eigenvalue weighted by molar-refractivity contribution is 0.446. The topological polar surface area (TPSA) is 81.8 Å². The zero-order valence-electron chi connectivity index (χ0n) is 14.4. The molecule has 1 N–H and O–H groups in total. The first kappa shape index (κ1) is 17.7. The van der Waals surface area contributed by atoms with E-state index in [0.717, 1.165) is 11.4 Å². The molecule has 0 aliphatic heterocycles. The maximum Gasteiger partial charge on any atom is 0.243 e. The third kappa shape index (κ3) is 4.00. The van der Waals surface area contributed by atoms with E-state index in [1.807, 2.05) is 38.4 Å². The van der Waals surface area contributed by atoms with Gasteiger partial charge in [-0.2, -0.15) is 10.2 Å². The Hall–Kier alpha value is -1.67. The van der Waals surface area contributed by atoms with Crippen LogP contribution in [0.1, 0.15) is 43.4 Å². The van der Waals surface area contributed by atoms with Crippen molar-refractivity contribution in [2.75, 3.05) is 6.54 Å². The Morgan fingerprint density at radius 2 is 1.96 bits per heavy atom. The number of hydrogen-bond donors (Lipinski definition) is 1. The molecular weight excluding hydrogens is 314 g/mol. The van der Waals surface area contributed by atoms with Gasteiger partial charge in [0.2, 0.25) is 10.0 Å². The Bertz CT molecular complexity index is 776. The molecule has 7 nitrogen and oxygen atoms in total. The van der Waals surface area contributed by atoms with E-state index in [1.165, 1.54) is 0 Å². The SMILES string of the molecule is CCn1cc(S(=O)(=O)NCCC(C)n2nc(C)cc2C)c(C)n1. The van der Waals surface area contributed by atoms with E-state index in [0.29, 0.717) is 25.2 Å². The lowest BCUT2D eigenvalue weighted by atomic mass is 10.2. The number of nitrogens with zero attached hydrogens (tertiary/aromatic N) is 4. The van der Waals surface area contributed by atoms with E-state index < -0.39 is 10.0 Å². The summed E-state index contributed by atoms with van der Waals surface area (Å²) in [6.07, 6.45) is 2.24. The van der Waals surface area contributed by atoms with Crippen molar-refractivity contribution in [2.24, 2.45) is 0 Å². The Morgan fingerprint density at radius 1 is 1.26 bits per heavy atom. The summed E-state index contributed by atoms with van der Waals surface area (Å²) in [6, 6.07) is 2.15. The highest BCUT2D eigenvalue weighted by Crippen LogP contribution is 2.16. The van der Waals surface area contributed by atoms with Gasteiger partial charge in [-0.05, 0) is 47.1 Å².